The molecule has 2 N–H and O–H groups in total. The number of nitro groups is 1. The van der Waals surface area contributed by atoms with Crippen LogP contribution in [-0.2, 0) is 6.54 Å². The first-order valence-electron chi connectivity index (χ1n) is 7.34. The average Bonchev–Trinajstić information content (AvgIpc) is 2.72. The Morgan fingerprint density at radius 2 is 2.05 bits per heavy atom. The Morgan fingerprint density at radius 3 is 2.62 bits per heavy atom. The highest BCUT2D eigenvalue weighted by Crippen LogP contribution is 2.21. The Bertz CT molecular complexity index is 496. The van der Waals surface area contributed by atoms with E-state index in [9.17, 15) is 15.2 Å². The predicted molar refractivity (Wildman–Crippen MR) is 77.8 cm³/mol. The van der Waals surface area contributed by atoms with Gasteiger partial charge in [0.1, 0.15) is 11.4 Å². The summed E-state index contributed by atoms with van der Waals surface area (Å²) in [5.41, 5.74) is 4.11. The quantitative estimate of drug-likeness (QED) is 0.594. The van der Waals surface area contributed by atoms with Crippen LogP contribution in [0.4, 0.5) is 5.69 Å². The van der Waals surface area contributed by atoms with Gasteiger partial charge in [-0.3, -0.25) is 20.2 Å². The summed E-state index contributed by atoms with van der Waals surface area (Å²) in [4.78, 5) is 10.5. The van der Waals surface area contributed by atoms with E-state index in [1.165, 1.54) is 23.9 Å². The Labute approximate surface area is 123 Å². The first kappa shape index (κ1) is 15.9. The molecular formula is C13H23N5O3. The Balaban J connectivity index is 1.89. The maximum absolute atomic E-state index is 10.9. The average molecular weight is 297 g/mol. The fraction of sp³-hybridized carbons (Fsp3) is 0.769. The van der Waals surface area contributed by atoms with Crippen LogP contribution in [0.3, 0.4) is 0 Å². The molecule has 0 aromatic carbocycles. The third kappa shape index (κ3) is 3.99. The van der Waals surface area contributed by atoms with E-state index in [1.807, 2.05) is 0 Å². The molecule has 1 aromatic heterocycles. The van der Waals surface area contributed by atoms with E-state index in [4.69, 9.17) is 0 Å². The molecule has 2 rings (SSSR count). The standard InChI is InChI=1S/C13H23N5O3/c1-10-13(18(20)21)11(2)17(15-10)9-12(19)8-14-16-6-4-3-5-7-16/h12,14,19H,3-9H2,1-2H3. The van der Waals surface area contributed by atoms with Crippen molar-refractivity contribution in [1.82, 2.24) is 20.2 Å². The van der Waals surface area contributed by atoms with Gasteiger partial charge in [-0.15, -0.1) is 0 Å². The van der Waals surface area contributed by atoms with E-state index in [2.05, 4.69) is 15.5 Å². The van der Waals surface area contributed by atoms with Crippen LogP contribution >= 0.6 is 0 Å². The molecule has 0 spiro atoms. The van der Waals surface area contributed by atoms with E-state index in [-0.39, 0.29) is 12.2 Å². The van der Waals surface area contributed by atoms with Crippen molar-refractivity contribution < 1.29 is 10.0 Å². The highest BCUT2D eigenvalue weighted by molar-refractivity contribution is 5.39. The molecule has 0 radical (unpaired) electrons. The molecule has 1 aromatic rings. The molecule has 0 bridgehead atoms. The van der Waals surface area contributed by atoms with Crippen LogP contribution in [0.5, 0.6) is 0 Å². The molecule has 2 heterocycles. The Kier molecular flexibility index (Phi) is 5.27. The van der Waals surface area contributed by atoms with Crippen molar-refractivity contribution in [2.45, 2.75) is 45.8 Å². The number of piperidine rings is 1. The van der Waals surface area contributed by atoms with Gasteiger partial charge in [0.15, 0.2) is 0 Å². The molecule has 1 atom stereocenters. The van der Waals surface area contributed by atoms with Gasteiger partial charge in [-0.2, -0.15) is 5.10 Å². The number of hydrazine groups is 1. The maximum atomic E-state index is 10.9. The van der Waals surface area contributed by atoms with Gasteiger partial charge in [0.05, 0.1) is 17.6 Å². The van der Waals surface area contributed by atoms with Crippen molar-refractivity contribution in [3.05, 3.63) is 21.5 Å². The third-order valence-electron chi connectivity index (χ3n) is 3.82. The topological polar surface area (TPSA) is 96.5 Å². The van der Waals surface area contributed by atoms with Crippen molar-refractivity contribution in [3.63, 3.8) is 0 Å². The molecule has 0 saturated carbocycles. The first-order valence-corrected chi connectivity index (χ1v) is 7.34. The summed E-state index contributed by atoms with van der Waals surface area (Å²) < 4.78 is 1.51. The second-order valence-corrected chi connectivity index (χ2v) is 5.52. The van der Waals surface area contributed by atoms with Crippen LogP contribution in [0.15, 0.2) is 0 Å². The van der Waals surface area contributed by atoms with Gasteiger partial charge in [0, 0.05) is 19.6 Å². The lowest BCUT2D eigenvalue weighted by Crippen LogP contribution is -2.45. The van der Waals surface area contributed by atoms with Crippen LogP contribution in [0.2, 0.25) is 0 Å². The summed E-state index contributed by atoms with van der Waals surface area (Å²) in [5.74, 6) is 0. The Hall–Kier alpha value is -1.51. The fourth-order valence-corrected chi connectivity index (χ4v) is 2.68. The molecule has 1 aliphatic rings. The maximum Gasteiger partial charge on any atom is 0.312 e. The third-order valence-corrected chi connectivity index (χ3v) is 3.82. The Morgan fingerprint density at radius 1 is 1.38 bits per heavy atom. The number of hydrogen-bond donors (Lipinski definition) is 2. The van der Waals surface area contributed by atoms with Crippen LogP contribution in [0, 0.1) is 24.0 Å². The summed E-state index contributed by atoms with van der Waals surface area (Å²) in [7, 11) is 0. The van der Waals surface area contributed by atoms with E-state index >= 15 is 0 Å². The van der Waals surface area contributed by atoms with E-state index in [1.54, 1.807) is 13.8 Å². The van der Waals surface area contributed by atoms with Crippen LogP contribution in [0.1, 0.15) is 30.7 Å². The first-order chi connectivity index (χ1) is 9.99. The molecule has 1 fully saturated rings. The smallest absolute Gasteiger partial charge is 0.312 e. The van der Waals surface area contributed by atoms with Crippen molar-refractivity contribution in [2.75, 3.05) is 19.6 Å². The molecule has 8 nitrogen and oxygen atoms in total. The van der Waals surface area contributed by atoms with Gasteiger partial charge in [-0.25, -0.2) is 5.01 Å². The zero-order valence-corrected chi connectivity index (χ0v) is 12.6. The number of nitrogens with one attached hydrogen (secondary N) is 1. The predicted octanol–water partition coefficient (Wildman–Crippen LogP) is 0.760. The fourth-order valence-electron chi connectivity index (χ4n) is 2.68. The molecule has 0 amide bonds. The second kappa shape index (κ2) is 6.97. The summed E-state index contributed by atoms with van der Waals surface area (Å²) >= 11 is 0. The minimum Gasteiger partial charge on any atom is -0.390 e. The molecular weight excluding hydrogens is 274 g/mol. The van der Waals surface area contributed by atoms with Crippen molar-refractivity contribution in [3.8, 4) is 0 Å². The summed E-state index contributed by atoms with van der Waals surface area (Å²) in [5, 5.41) is 27.3. The summed E-state index contributed by atoms with van der Waals surface area (Å²) in [6.45, 7) is 5.94. The van der Waals surface area contributed by atoms with Crippen molar-refractivity contribution >= 4 is 5.69 Å². The zero-order chi connectivity index (χ0) is 15.4. The van der Waals surface area contributed by atoms with Crippen LogP contribution < -0.4 is 5.43 Å². The summed E-state index contributed by atoms with van der Waals surface area (Å²) in [6, 6.07) is 0. The van der Waals surface area contributed by atoms with Crippen molar-refractivity contribution in [2.24, 2.45) is 0 Å². The van der Waals surface area contributed by atoms with Crippen LogP contribution in [-0.4, -0.2) is 50.6 Å². The van der Waals surface area contributed by atoms with E-state index < -0.39 is 11.0 Å². The number of rotatable bonds is 6. The second-order valence-electron chi connectivity index (χ2n) is 5.52. The number of aromatic nitrogens is 2. The number of aryl methyl sites for hydroxylation is 1. The number of aliphatic hydroxyl groups is 1. The molecule has 0 aliphatic carbocycles. The minimum absolute atomic E-state index is 0.0335. The lowest BCUT2D eigenvalue weighted by Gasteiger charge is -2.28. The van der Waals surface area contributed by atoms with Gasteiger partial charge in [0.25, 0.3) is 0 Å². The van der Waals surface area contributed by atoms with Gasteiger partial charge in [0.2, 0.25) is 0 Å². The zero-order valence-electron chi connectivity index (χ0n) is 12.6. The highest BCUT2D eigenvalue weighted by atomic mass is 16.6. The van der Waals surface area contributed by atoms with E-state index in [0.29, 0.717) is 17.9 Å². The molecule has 1 saturated heterocycles. The molecule has 8 heteroatoms. The minimum atomic E-state index is -0.635. The number of aliphatic hydroxyl groups excluding tert-OH is 1. The lowest BCUT2D eigenvalue weighted by atomic mass is 10.2. The molecule has 118 valence electrons. The van der Waals surface area contributed by atoms with Gasteiger partial charge in [-0.1, -0.05) is 6.42 Å². The number of hydrogen-bond acceptors (Lipinski definition) is 6. The van der Waals surface area contributed by atoms with Crippen molar-refractivity contribution in [1.29, 1.82) is 0 Å². The lowest BCUT2D eigenvalue weighted by molar-refractivity contribution is -0.386. The molecule has 21 heavy (non-hydrogen) atoms. The highest BCUT2D eigenvalue weighted by Gasteiger charge is 2.23. The van der Waals surface area contributed by atoms with Gasteiger partial charge < -0.3 is 5.11 Å². The largest absolute Gasteiger partial charge is 0.390 e. The van der Waals surface area contributed by atoms with E-state index in [0.717, 1.165) is 13.1 Å². The molecule has 1 unspecified atom stereocenters. The summed E-state index contributed by atoms with van der Waals surface area (Å²) in [6.07, 6.45) is 2.97. The monoisotopic (exact) mass is 297 g/mol. The van der Waals surface area contributed by atoms with Gasteiger partial charge >= 0.3 is 5.69 Å². The van der Waals surface area contributed by atoms with Crippen LogP contribution in [0.25, 0.3) is 0 Å². The molecule has 1 aliphatic heterocycles. The SMILES string of the molecule is Cc1nn(CC(O)CNN2CCCCC2)c(C)c1[N+](=O)[O-]. The normalized spacial score (nSPS) is 17.9. The number of nitrogens with zero attached hydrogens (tertiary/aromatic N) is 4. The van der Waals surface area contributed by atoms with Gasteiger partial charge in [-0.05, 0) is 26.7 Å².